The number of hydrogen-bond donors (Lipinski definition) is 2. The van der Waals surface area contributed by atoms with E-state index in [4.69, 9.17) is 11.5 Å². The SMILES string of the molecule is Nc1ccc(-c2ccccn2)c(N)n1. The first-order chi connectivity index (χ1) is 6.77. The van der Waals surface area contributed by atoms with Crippen molar-refractivity contribution in [2.24, 2.45) is 0 Å². The molecule has 0 aliphatic heterocycles. The van der Waals surface area contributed by atoms with Gasteiger partial charge in [-0.1, -0.05) is 6.07 Å². The molecule has 0 spiro atoms. The van der Waals surface area contributed by atoms with Crippen LogP contribution in [0.2, 0.25) is 0 Å². The minimum atomic E-state index is 0.406. The second-order valence-electron chi connectivity index (χ2n) is 2.88. The van der Waals surface area contributed by atoms with Crippen LogP contribution < -0.4 is 11.5 Å². The number of nitrogens with two attached hydrogens (primary N) is 2. The summed E-state index contributed by atoms with van der Waals surface area (Å²) in [5.41, 5.74) is 12.8. The van der Waals surface area contributed by atoms with Crippen molar-refractivity contribution in [3.8, 4) is 11.3 Å². The maximum absolute atomic E-state index is 5.72. The lowest BCUT2D eigenvalue weighted by Gasteiger charge is -2.03. The standard InChI is InChI=1S/C10H10N4/c11-9-5-4-7(10(12)14-9)8-3-1-2-6-13-8/h1-6H,(H4,11,12,14). The Hall–Kier alpha value is -2.10. The van der Waals surface area contributed by atoms with Gasteiger partial charge in [-0.3, -0.25) is 4.98 Å². The van der Waals surface area contributed by atoms with Gasteiger partial charge in [0.25, 0.3) is 0 Å². The third-order valence-corrected chi connectivity index (χ3v) is 1.89. The number of nitrogen functional groups attached to an aromatic ring is 2. The molecule has 0 unspecified atom stereocenters. The number of aromatic nitrogens is 2. The van der Waals surface area contributed by atoms with E-state index in [0.29, 0.717) is 11.6 Å². The average molecular weight is 186 g/mol. The number of anilines is 2. The van der Waals surface area contributed by atoms with Crippen LogP contribution in [-0.2, 0) is 0 Å². The van der Waals surface area contributed by atoms with E-state index in [2.05, 4.69) is 9.97 Å². The van der Waals surface area contributed by atoms with E-state index in [1.807, 2.05) is 24.3 Å². The lowest BCUT2D eigenvalue weighted by atomic mass is 10.1. The molecule has 2 rings (SSSR count). The zero-order valence-electron chi connectivity index (χ0n) is 7.51. The molecule has 0 aliphatic rings. The van der Waals surface area contributed by atoms with E-state index >= 15 is 0 Å². The monoisotopic (exact) mass is 186 g/mol. The number of hydrogen-bond acceptors (Lipinski definition) is 4. The van der Waals surface area contributed by atoms with Gasteiger partial charge in [0, 0.05) is 11.8 Å². The molecule has 0 aliphatic carbocycles. The van der Waals surface area contributed by atoms with E-state index in [1.54, 1.807) is 12.3 Å². The topological polar surface area (TPSA) is 77.8 Å². The Morgan fingerprint density at radius 1 is 1.00 bits per heavy atom. The predicted molar refractivity (Wildman–Crippen MR) is 56.3 cm³/mol. The van der Waals surface area contributed by atoms with E-state index in [0.717, 1.165) is 11.3 Å². The fourth-order valence-corrected chi connectivity index (χ4v) is 1.23. The molecule has 0 fully saturated rings. The third-order valence-electron chi connectivity index (χ3n) is 1.89. The second-order valence-corrected chi connectivity index (χ2v) is 2.88. The summed E-state index contributed by atoms with van der Waals surface area (Å²) < 4.78 is 0. The third kappa shape index (κ3) is 1.50. The summed E-state index contributed by atoms with van der Waals surface area (Å²) in [5.74, 6) is 0.825. The van der Waals surface area contributed by atoms with Crippen LogP contribution in [0.3, 0.4) is 0 Å². The highest BCUT2D eigenvalue weighted by atomic mass is 14.9. The minimum Gasteiger partial charge on any atom is -0.384 e. The van der Waals surface area contributed by atoms with Crippen LogP contribution in [-0.4, -0.2) is 9.97 Å². The molecule has 4 nitrogen and oxygen atoms in total. The molecule has 4 heteroatoms. The Labute approximate surface area is 81.6 Å². The van der Waals surface area contributed by atoms with Crippen LogP contribution in [0.5, 0.6) is 0 Å². The molecule has 4 N–H and O–H groups in total. The minimum absolute atomic E-state index is 0.406. The van der Waals surface area contributed by atoms with Gasteiger partial charge in [0.2, 0.25) is 0 Å². The molecular weight excluding hydrogens is 176 g/mol. The molecule has 2 heterocycles. The molecule has 0 atom stereocenters. The first-order valence-electron chi connectivity index (χ1n) is 4.21. The molecule has 2 aromatic rings. The largest absolute Gasteiger partial charge is 0.384 e. The van der Waals surface area contributed by atoms with E-state index < -0.39 is 0 Å². The van der Waals surface area contributed by atoms with Crippen LogP contribution in [0.1, 0.15) is 0 Å². The molecule has 0 bridgehead atoms. The molecule has 0 saturated heterocycles. The van der Waals surface area contributed by atoms with Gasteiger partial charge < -0.3 is 11.5 Å². The highest BCUT2D eigenvalue weighted by molar-refractivity contribution is 5.71. The molecule has 70 valence electrons. The summed E-state index contributed by atoms with van der Waals surface area (Å²) >= 11 is 0. The highest BCUT2D eigenvalue weighted by Gasteiger charge is 2.03. The summed E-state index contributed by atoms with van der Waals surface area (Å²) in [4.78, 5) is 8.14. The van der Waals surface area contributed by atoms with Gasteiger partial charge in [0.1, 0.15) is 11.6 Å². The number of nitrogens with zero attached hydrogens (tertiary/aromatic N) is 2. The van der Waals surface area contributed by atoms with Crippen molar-refractivity contribution in [1.82, 2.24) is 9.97 Å². The summed E-state index contributed by atoms with van der Waals surface area (Å²) in [5, 5.41) is 0. The number of pyridine rings is 2. The van der Waals surface area contributed by atoms with Crippen LogP contribution in [0.15, 0.2) is 36.5 Å². The van der Waals surface area contributed by atoms with E-state index in [9.17, 15) is 0 Å². The van der Waals surface area contributed by atoms with E-state index in [-0.39, 0.29) is 0 Å². The van der Waals surface area contributed by atoms with Crippen molar-refractivity contribution >= 4 is 11.6 Å². The van der Waals surface area contributed by atoms with Crippen molar-refractivity contribution in [2.45, 2.75) is 0 Å². The van der Waals surface area contributed by atoms with Crippen LogP contribution >= 0.6 is 0 Å². The summed E-state index contributed by atoms with van der Waals surface area (Å²) in [7, 11) is 0. The Kier molecular flexibility index (Phi) is 2.02. The van der Waals surface area contributed by atoms with Gasteiger partial charge in [0.15, 0.2) is 0 Å². The van der Waals surface area contributed by atoms with E-state index in [1.165, 1.54) is 0 Å². The van der Waals surface area contributed by atoms with Gasteiger partial charge in [-0.15, -0.1) is 0 Å². The smallest absolute Gasteiger partial charge is 0.135 e. The van der Waals surface area contributed by atoms with Crippen molar-refractivity contribution in [3.63, 3.8) is 0 Å². The van der Waals surface area contributed by atoms with Crippen LogP contribution in [0.4, 0.5) is 11.6 Å². The maximum atomic E-state index is 5.72. The fraction of sp³-hybridized carbons (Fsp3) is 0. The van der Waals surface area contributed by atoms with Crippen molar-refractivity contribution in [3.05, 3.63) is 36.5 Å². The fourth-order valence-electron chi connectivity index (χ4n) is 1.23. The average Bonchev–Trinajstić information content (AvgIpc) is 2.19. The predicted octanol–water partition coefficient (Wildman–Crippen LogP) is 1.31. The molecule has 14 heavy (non-hydrogen) atoms. The zero-order valence-corrected chi connectivity index (χ0v) is 7.51. The number of rotatable bonds is 1. The highest BCUT2D eigenvalue weighted by Crippen LogP contribution is 2.22. The molecular formula is C10H10N4. The van der Waals surface area contributed by atoms with Gasteiger partial charge in [-0.25, -0.2) is 4.98 Å². The molecule has 0 aromatic carbocycles. The normalized spacial score (nSPS) is 10.0. The Bertz CT molecular complexity index is 439. The van der Waals surface area contributed by atoms with Gasteiger partial charge in [0.05, 0.1) is 5.69 Å². The quantitative estimate of drug-likeness (QED) is 0.703. The lowest BCUT2D eigenvalue weighted by Crippen LogP contribution is -1.98. The summed E-state index contributed by atoms with van der Waals surface area (Å²) in [6.07, 6.45) is 1.71. The Balaban J connectivity index is 2.53. The van der Waals surface area contributed by atoms with Crippen LogP contribution in [0.25, 0.3) is 11.3 Å². The second kappa shape index (κ2) is 3.33. The molecule has 0 radical (unpaired) electrons. The molecule has 0 amide bonds. The lowest BCUT2D eigenvalue weighted by molar-refractivity contribution is 1.29. The van der Waals surface area contributed by atoms with Crippen molar-refractivity contribution < 1.29 is 0 Å². The maximum Gasteiger partial charge on any atom is 0.135 e. The van der Waals surface area contributed by atoms with Gasteiger partial charge in [-0.05, 0) is 24.3 Å². The Morgan fingerprint density at radius 2 is 1.86 bits per heavy atom. The summed E-state index contributed by atoms with van der Waals surface area (Å²) in [6.45, 7) is 0. The molecule has 0 saturated carbocycles. The first-order valence-corrected chi connectivity index (χ1v) is 4.21. The summed E-state index contributed by atoms with van der Waals surface area (Å²) in [6, 6.07) is 9.16. The van der Waals surface area contributed by atoms with Crippen molar-refractivity contribution in [1.29, 1.82) is 0 Å². The van der Waals surface area contributed by atoms with Gasteiger partial charge >= 0.3 is 0 Å². The van der Waals surface area contributed by atoms with Crippen molar-refractivity contribution in [2.75, 3.05) is 11.5 Å². The first kappa shape index (κ1) is 8.50. The Morgan fingerprint density at radius 3 is 2.50 bits per heavy atom. The molecule has 2 aromatic heterocycles. The van der Waals surface area contributed by atoms with Gasteiger partial charge in [-0.2, -0.15) is 0 Å². The van der Waals surface area contributed by atoms with Crippen LogP contribution in [0, 0.1) is 0 Å². The zero-order chi connectivity index (χ0) is 9.97.